The van der Waals surface area contributed by atoms with Gasteiger partial charge in [-0.05, 0) is 30.7 Å². The maximum Gasteiger partial charge on any atom is 0.294 e. The van der Waals surface area contributed by atoms with E-state index in [4.69, 9.17) is 5.73 Å². The molecule has 17 heteroatoms. The minimum absolute atomic E-state index is 0.0834. The van der Waals surface area contributed by atoms with Gasteiger partial charge in [-0.25, -0.2) is 8.42 Å². The minimum atomic E-state index is -4.98. The molecule has 2 heterocycles. The van der Waals surface area contributed by atoms with Crippen LogP contribution in [0.5, 0.6) is 0 Å². The van der Waals surface area contributed by atoms with E-state index in [1.165, 1.54) is 6.92 Å². The molecule has 0 bridgehead atoms. The number of amides is 2. The molecule has 2 amide bonds. The van der Waals surface area contributed by atoms with E-state index in [1.807, 2.05) is 5.32 Å². The van der Waals surface area contributed by atoms with Crippen molar-refractivity contribution >= 4 is 49.1 Å². The Morgan fingerprint density at radius 1 is 1.03 bits per heavy atom. The molecule has 0 aliphatic carbocycles. The van der Waals surface area contributed by atoms with Gasteiger partial charge < -0.3 is 5.73 Å². The average Bonchev–Trinajstić information content (AvgIpc) is 3.08. The summed E-state index contributed by atoms with van der Waals surface area (Å²) in [7, 11) is -9.54. The summed E-state index contributed by atoms with van der Waals surface area (Å²) in [6.45, 7) is 1.28. The summed E-state index contributed by atoms with van der Waals surface area (Å²) in [6.07, 6.45) is 0. The van der Waals surface area contributed by atoms with Gasteiger partial charge in [0.1, 0.15) is 5.82 Å². The third-order valence-electron chi connectivity index (χ3n) is 5.43. The first-order chi connectivity index (χ1) is 17.1. The second-order valence-corrected chi connectivity index (χ2v) is 10.8. The molecule has 1 aliphatic heterocycles. The number of hydrogen-bond donors (Lipinski definition) is 4. The van der Waals surface area contributed by atoms with Gasteiger partial charge in [-0.15, -0.1) is 0 Å². The molecule has 0 unspecified atom stereocenters. The average molecular weight is 549 g/mol. The van der Waals surface area contributed by atoms with Gasteiger partial charge in [-0.2, -0.15) is 8.42 Å². The molecule has 4 rings (SSSR count). The van der Waals surface area contributed by atoms with E-state index < -0.39 is 69.4 Å². The number of carbonyl (C=O) groups is 2. The van der Waals surface area contributed by atoms with Gasteiger partial charge in [-0.3, -0.25) is 43.7 Å². The van der Waals surface area contributed by atoms with Crippen LogP contribution in [0.15, 0.2) is 57.1 Å². The van der Waals surface area contributed by atoms with Gasteiger partial charge in [0.2, 0.25) is 0 Å². The van der Waals surface area contributed by atoms with Crippen LogP contribution in [0.1, 0.15) is 26.3 Å². The van der Waals surface area contributed by atoms with E-state index in [1.54, 1.807) is 0 Å². The minimum Gasteiger partial charge on any atom is -0.384 e. The number of pyridine rings is 1. The third-order valence-corrected chi connectivity index (χ3v) is 7.62. The van der Waals surface area contributed by atoms with Crippen molar-refractivity contribution in [2.24, 2.45) is 0 Å². The number of nitro groups is 1. The van der Waals surface area contributed by atoms with E-state index in [-0.39, 0.29) is 22.4 Å². The number of imide groups is 1. The molecule has 0 fully saturated rings. The number of non-ortho nitro benzene ring substituents is 1. The van der Waals surface area contributed by atoms with Gasteiger partial charge in [-0.1, -0.05) is 6.07 Å². The fourth-order valence-electron chi connectivity index (χ4n) is 3.66. The van der Waals surface area contributed by atoms with Crippen molar-refractivity contribution < 1.29 is 35.9 Å². The SMILES string of the molecule is Cc1c(NS(=O)(=O)c2cccc([N+](=O)[O-])c2)cc(S(=O)(=O)O)cc1-n1c(N)c2c(cc1=O)C(=O)NC2=O. The van der Waals surface area contributed by atoms with Crippen LogP contribution in [0.25, 0.3) is 5.69 Å². The first-order valence-electron chi connectivity index (χ1n) is 9.93. The van der Waals surface area contributed by atoms with E-state index in [2.05, 4.69) is 4.72 Å². The topological polar surface area (TPSA) is 238 Å². The molecule has 1 aromatic heterocycles. The Kier molecular flexibility index (Phi) is 5.86. The highest BCUT2D eigenvalue weighted by Crippen LogP contribution is 2.32. The summed E-state index contributed by atoms with van der Waals surface area (Å²) in [5, 5.41) is 13.0. The summed E-state index contributed by atoms with van der Waals surface area (Å²) in [5.41, 5.74) is 2.96. The predicted octanol–water partition coefficient (Wildman–Crippen LogP) is 0.567. The molecule has 0 saturated heterocycles. The fourth-order valence-corrected chi connectivity index (χ4v) is 5.34. The van der Waals surface area contributed by atoms with Crippen molar-refractivity contribution in [1.82, 2.24) is 9.88 Å². The quantitative estimate of drug-likeness (QED) is 0.143. The number of anilines is 2. The van der Waals surface area contributed by atoms with Crippen LogP contribution >= 0.6 is 0 Å². The van der Waals surface area contributed by atoms with Gasteiger partial charge >= 0.3 is 0 Å². The number of rotatable bonds is 6. The molecule has 0 atom stereocenters. The number of nitrogens with one attached hydrogen (secondary N) is 2. The van der Waals surface area contributed by atoms with Gasteiger partial charge in [0.15, 0.2) is 0 Å². The van der Waals surface area contributed by atoms with E-state index in [0.717, 1.165) is 42.5 Å². The highest BCUT2D eigenvalue weighted by atomic mass is 32.2. The number of sulfonamides is 1. The summed E-state index contributed by atoms with van der Waals surface area (Å²) < 4.78 is 62.3. The lowest BCUT2D eigenvalue weighted by atomic mass is 10.1. The van der Waals surface area contributed by atoms with Crippen LogP contribution in [0, 0.1) is 17.0 Å². The molecule has 0 radical (unpaired) electrons. The molecule has 192 valence electrons. The zero-order valence-electron chi connectivity index (χ0n) is 18.5. The second kappa shape index (κ2) is 8.50. The number of nitro benzene ring substituents is 1. The molecule has 15 nitrogen and oxygen atoms in total. The van der Waals surface area contributed by atoms with Crippen molar-refractivity contribution in [3.05, 3.63) is 79.6 Å². The van der Waals surface area contributed by atoms with Crippen molar-refractivity contribution in [1.29, 1.82) is 0 Å². The van der Waals surface area contributed by atoms with Crippen LogP contribution in [-0.4, -0.2) is 42.7 Å². The Morgan fingerprint density at radius 2 is 1.70 bits per heavy atom. The van der Waals surface area contributed by atoms with Crippen molar-refractivity contribution in [2.75, 3.05) is 10.5 Å². The van der Waals surface area contributed by atoms with Crippen molar-refractivity contribution in [2.45, 2.75) is 16.7 Å². The fraction of sp³-hybridized carbons (Fsp3) is 0.0500. The molecular formula is C20H15N5O10S2. The molecule has 1 aliphatic rings. The number of nitrogens with zero attached hydrogens (tertiary/aromatic N) is 2. The number of nitrogen functional groups attached to an aromatic ring is 1. The molecule has 2 aromatic carbocycles. The second-order valence-electron chi connectivity index (χ2n) is 7.73. The van der Waals surface area contributed by atoms with Crippen LogP contribution in [0.3, 0.4) is 0 Å². The van der Waals surface area contributed by atoms with Gasteiger partial charge in [0.25, 0.3) is 43.2 Å². The summed E-state index contributed by atoms with van der Waals surface area (Å²) in [6, 6.07) is 6.36. The molecule has 37 heavy (non-hydrogen) atoms. The number of carbonyl (C=O) groups excluding carboxylic acids is 2. The van der Waals surface area contributed by atoms with Crippen LogP contribution in [0.2, 0.25) is 0 Å². The highest BCUT2D eigenvalue weighted by molar-refractivity contribution is 7.92. The van der Waals surface area contributed by atoms with Crippen molar-refractivity contribution in [3.8, 4) is 5.69 Å². The lowest BCUT2D eigenvalue weighted by molar-refractivity contribution is -0.385. The Hall–Kier alpha value is -4.61. The number of nitrogens with two attached hydrogens (primary N) is 1. The molecule has 3 aromatic rings. The highest BCUT2D eigenvalue weighted by Gasteiger charge is 2.33. The van der Waals surface area contributed by atoms with E-state index in [9.17, 15) is 45.9 Å². The Bertz CT molecular complexity index is 1830. The summed E-state index contributed by atoms with van der Waals surface area (Å²) >= 11 is 0. The summed E-state index contributed by atoms with van der Waals surface area (Å²) in [4.78, 5) is 45.8. The van der Waals surface area contributed by atoms with Gasteiger partial charge in [0, 0.05) is 18.2 Å². The molecule has 0 saturated carbocycles. The monoisotopic (exact) mass is 549 g/mol. The number of hydrogen-bond acceptors (Lipinski definition) is 10. The molecule has 5 N–H and O–H groups in total. The van der Waals surface area contributed by atoms with Crippen LogP contribution < -0.4 is 21.3 Å². The third kappa shape index (κ3) is 4.41. The first kappa shape index (κ1) is 25.5. The zero-order chi connectivity index (χ0) is 27.4. The molecule has 0 spiro atoms. The Balaban J connectivity index is 1.96. The smallest absolute Gasteiger partial charge is 0.294 e. The maximum atomic E-state index is 13.0. The number of fused-ring (bicyclic) bond motifs is 1. The number of aromatic nitrogens is 1. The lowest BCUT2D eigenvalue weighted by Crippen LogP contribution is -2.25. The predicted molar refractivity (Wildman–Crippen MR) is 127 cm³/mol. The van der Waals surface area contributed by atoms with Crippen LogP contribution in [-0.2, 0) is 20.1 Å². The summed E-state index contributed by atoms with van der Waals surface area (Å²) in [5.74, 6) is -2.33. The zero-order valence-corrected chi connectivity index (χ0v) is 20.1. The molecular weight excluding hydrogens is 534 g/mol. The van der Waals surface area contributed by atoms with Gasteiger partial charge in [0.05, 0.1) is 37.2 Å². The Labute approximate surface area is 207 Å². The lowest BCUT2D eigenvalue weighted by Gasteiger charge is -2.19. The van der Waals surface area contributed by atoms with Crippen LogP contribution in [0.4, 0.5) is 17.2 Å². The maximum absolute atomic E-state index is 13.0. The Morgan fingerprint density at radius 3 is 2.32 bits per heavy atom. The van der Waals surface area contributed by atoms with E-state index in [0.29, 0.717) is 4.57 Å². The van der Waals surface area contributed by atoms with E-state index >= 15 is 0 Å². The first-order valence-corrected chi connectivity index (χ1v) is 12.8. The largest absolute Gasteiger partial charge is 0.384 e. The number of benzene rings is 2. The van der Waals surface area contributed by atoms with Crippen molar-refractivity contribution in [3.63, 3.8) is 0 Å². The normalized spacial score (nSPS) is 13.2. The standard InChI is InChI=1S/C20H15N5O10S2/c1-9-14(23-36(31,32)11-4-2-3-10(5-11)25(29)30)6-12(37(33,34)35)7-15(9)24-16(26)8-13-17(18(24)21)20(28)22-19(13)27/h2-8,23H,21H2,1H3,(H,22,27,28)(H,33,34,35).